The first-order valence-corrected chi connectivity index (χ1v) is 5.06. The van der Waals surface area contributed by atoms with Crippen LogP contribution in [-0.2, 0) is 6.42 Å². The van der Waals surface area contributed by atoms with Crippen LogP contribution < -0.4 is 10.5 Å². The minimum Gasteiger partial charge on any atom is -0.506 e. The van der Waals surface area contributed by atoms with Crippen LogP contribution >= 0.6 is 11.6 Å². The molecule has 1 aliphatic heterocycles. The molecule has 15 heavy (non-hydrogen) atoms. The van der Waals surface area contributed by atoms with Crippen LogP contribution in [0, 0.1) is 0 Å². The first-order chi connectivity index (χ1) is 7.15. The summed E-state index contributed by atoms with van der Waals surface area (Å²) >= 11 is 5.93. The van der Waals surface area contributed by atoms with Crippen LogP contribution in [-0.4, -0.2) is 23.4 Å². The number of hydrogen-bond acceptors (Lipinski definition) is 4. The number of fused-ring (bicyclic) bond motifs is 1. The van der Waals surface area contributed by atoms with Crippen molar-refractivity contribution in [3.63, 3.8) is 0 Å². The number of nitrogens with two attached hydrogens (primary N) is 1. The molecule has 0 saturated heterocycles. The van der Waals surface area contributed by atoms with Gasteiger partial charge in [-0.25, -0.2) is 0 Å². The van der Waals surface area contributed by atoms with Crippen LogP contribution in [0.2, 0.25) is 5.02 Å². The highest BCUT2D eigenvalue weighted by atomic mass is 35.5. The third-order valence-corrected chi connectivity index (χ3v) is 2.87. The first-order valence-electron chi connectivity index (χ1n) is 4.68. The molecule has 0 amide bonds. The van der Waals surface area contributed by atoms with E-state index in [1.165, 1.54) is 0 Å². The molecule has 1 aromatic carbocycles. The van der Waals surface area contributed by atoms with Gasteiger partial charge in [0.15, 0.2) is 0 Å². The summed E-state index contributed by atoms with van der Waals surface area (Å²) in [7, 11) is 0. The van der Waals surface area contributed by atoms with Crippen molar-refractivity contribution < 1.29 is 14.9 Å². The zero-order chi connectivity index (χ0) is 11.0. The fraction of sp³-hybridized carbons (Fsp3) is 0.400. The lowest BCUT2D eigenvalue weighted by Crippen LogP contribution is -2.15. The Labute approximate surface area is 92.2 Å². The summed E-state index contributed by atoms with van der Waals surface area (Å²) in [5, 5.41) is 18.9. The lowest BCUT2D eigenvalue weighted by atomic mass is 10.0. The number of ether oxygens (including phenoxy) is 1. The van der Waals surface area contributed by atoms with Gasteiger partial charge in [0.25, 0.3) is 0 Å². The lowest BCUT2D eigenvalue weighted by molar-refractivity contribution is 0.265. The summed E-state index contributed by atoms with van der Waals surface area (Å²) in [5.74, 6) is 0.432. The topological polar surface area (TPSA) is 75.7 Å². The average Bonchev–Trinajstić information content (AvgIpc) is 2.70. The number of aliphatic hydroxyl groups excluding tert-OH is 1. The number of benzene rings is 1. The molecule has 5 heteroatoms. The molecule has 0 spiro atoms. The van der Waals surface area contributed by atoms with Crippen molar-refractivity contribution in [2.45, 2.75) is 12.5 Å². The molecule has 82 valence electrons. The van der Waals surface area contributed by atoms with Gasteiger partial charge in [0, 0.05) is 12.0 Å². The quantitative estimate of drug-likeness (QED) is 0.707. The Morgan fingerprint density at radius 3 is 3.00 bits per heavy atom. The van der Waals surface area contributed by atoms with E-state index in [0.717, 1.165) is 12.0 Å². The molecule has 0 aliphatic carbocycles. The molecule has 1 aromatic rings. The summed E-state index contributed by atoms with van der Waals surface area (Å²) in [6.45, 7) is 0.329. The molecule has 0 aromatic heterocycles. The van der Waals surface area contributed by atoms with Gasteiger partial charge < -0.3 is 20.7 Å². The van der Waals surface area contributed by atoms with Crippen LogP contribution in [0.1, 0.15) is 17.2 Å². The van der Waals surface area contributed by atoms with E-state index in [4.69, 9.17) is 27.2 Å². The highest BCUT2D eigenvalue weighted by Crippen LogP contribution is 2.43. The molecule has 0 fully saturated rings. The fourth-order valence-electron chi connectivity index (χ4n) is 1.68. The Bertz CT molecular complexity index is 395. The number of halogens is 1. The normalized spacial score (nSPS) is 15.9. The SMILES string of the molecule is NC(CO)c1cc2c(c(Cl)c1O)OCC2. The highest BCUT2D eigenvalue weighted by Gasteiger charge is 2.23. The predicted molar refractivity (Wildman–Crippen MR) is 56.3 cm³/mol. The van der Waals surface area contributed by atoms with Crippen LogP contribution in [0.4, 0.5) is 0 Å². The minimum absolute atomic E-state index is 0.0983. The predicted octanol–water partition coefficient (Wildman–Crippen LogP) is 0.973. The van der Waals surface area contributed by atoms with Crippen molar-refractivity contribution in [1.82, 2.24) is 0 Å². The van der Waals surface area contributed by atoms with Crippen molar-refractivity contribution >= 4 is 11.6 Å². The first kappa shape index (κ1) is 10.5. The van der Waals surface area contributed by atoms with E-state index < -0.39 is 6.04 Å². The van der Waals surface area contributed by atoms with E-state index in [2.05, 4.69) is 0 Å². The zero-order valence-electron chi connectivity index (χ0n) is 8.03. The van der Waals surface area contributed by atoms with E-state index in [-0.39, 0.29) is 17.4 Å². The van der Waals surface area contributed by atoms with E-state index in [1.54, 1.807) is 6.07 Å². The summed E-state index contributed by atoms with van der Waals surface area (Å²) in [5.41, 5.74) is 7.04. The molecule has 1 aliphatic rings. The second kappa shape index (κ2) is 3.89. The Hall–Kier alpha value is -0.970. The summed E-state index contributed by atoms with van der Waals surface area (Å²) < 4.78 is 5.28. The van der Waals surface area contributed by atoms with E-state index in [9.17, 15) is 5.11 Å². The third kappa shape index (κ3) is 1.65. The van der Waals surface area contributed by atoms with Gasteiger partial charge >= 0.3 is 0 Å². The molecule has 1 unspecified atom stereocenters. The summed E-state index contributed by atoms with van der Waals surface area (Å²) in [6, 6.07) is 1.12. The molecule has 0 bridgehead atoms. The van der Waals surface area contributed by atoms with Crippen LogP contribution in [0.25, 0.3) is 0 Å². The van der Waals surface area contributed by atoms with E-state index in [1.807, 2.05) is 0 Å². The van der Waals surface area contributed by atoms with Crippen molar-refractivity contribution in [3.8, 4) is 11.5 Å². The molecular formula is C10H12ClNO3. The monoisotopic (exact) mass is 229 g/mol. The number of phenolic OH excluding ortho intramolecular Hbond substituents is 1. The second-order valence-electron chi connectivity index (χ2n) is 3.50. The summed E-state index contributed by atoms with van der Waals surface area (Å²) in [6.07, 6.45) is 0.750. The highest BCUT2D eigenvalue weighted by molar-refractivity contribution is 6.33. The standard InChI is InChI=1S/C10H12ClNO3/c11-8-9(14)6(7(12)4-13)3-5-1-2-15-10(5)8/h3,7,13-14H,1-2,4,12H2. The van der Waals surface area contributed by atoms with Gasteiger partial charge in [-0.1, -0.05) is 11.6 Å². The maximum absolute atomic E-state index is 9.76. The number of aromatic hydroxyl groups is 1. The van der Waals surface area contributed by atoms with Gasteiger partial charge in [-0.15, -0.1) is 0 Å². The molecular weight excluding hydrogens is 218 g/mol. The second-order valence-corrected chi connectivity index (χ2v) is 3.88. The maximum atomic E-state index is 9.76. The summed E-state index contributed by atoms with van der Waals surface area (Å²) in [4.78, 5) is 0. The minimum atomic E-state index is -0.617. The van der Waals surface area contributed by atoms with Gasteiger partial charge in [-0.05, 0) is 11.6 Å². The molecule has 4 nitrogen and oxygen atoms in total. The molecule has 2 rings (SSSR count). The molecule has 4 N–H and O–H groups in total. The molecule has 1 atom stereocenters. The average molecular weight is 230 g/mol. The Morgan fingerprint density at radius 1 is 1.60 bits per heavy atom. The lowest BCUT2D eigenvalue weighted by Gasteiger charge is -2.14. The number of hydrogen-bond donors (Lipinski definition) is 3. The maximum Gasteiger partial charge on any atom is 0.145 e. The van der Waals surface area contributed by atoms with E-state index in [0.29, 0.717) is 17.9 Å². The Morgan fingerprint density at radius 2 is 2.33 bits per heavy atom. The molecule has 1 heterocycles. The zero-order valence-corrected chi connectivity index (χ0v) is 8.79. The number of phenols is 1. The Balaban J connectivity index is 2.54. The van der Waals surface area contributed by atoms with Crippen molar-refractivity contribution in [3.05, 3.63) is 22.2 Å². The molecule has 0 saturated carbocycles. The van der Waals surface area contributed by atoms with Crippen LogP contribution in [0.3, 0.4) is 0 Å². The largest absolute Gasteiger partial charge is 0.506 e. The van der Waals surface area contributed by atoms with Crippen molar-refractivity contribution in [1.29, 1.82) is 0 Å². The Kier molecular flexibility index (Phi) is 2.73. The van der Waals surface area contributed by atoms with Crippen molar-refractivity contribution in [2.24, 2.45) is 5.73 Å². The van der Waals surface area contributed by atoms with Gasteiger partial charge in [0.1, 0.15) is 16.5 Å². The van der Waals surface area contributed by atoms with Gasteiger partial charge in [-0.2, -0.15) is 0 Å². The van der Waals surface area contributed by atoms with Gasteiger partial charge in [0.05, 0.1) is 19.3 Å². The molecule has 0 radical (unpaired) electrons. The number of rotatable bonds is 2. The van der Waals surface area contributed by atoms with Gasteiger partial charge in [-0.3, -0.25) is 0 Å². The van der Waals surface area contributed by atoms with Crippen LogP contribution in [0.15, 0.2) is 6.07 Å². The smallest absolute Gasteiger partial charge is 0.145 e. The van der Waals surface area contributed by atoms with Crippen LogP contribution in [0.5, 0.6) is 11.5 Å². The number of aliphatic hydroxyl groups is 1. The van der Waals surface area contributed by atoms with E-state index >= 15 is 0 Å². The van der Waals surface area contributed by atoms with Gasteiger partial charge in [0.2, 0.25) is 0 Å². The fourth-order valence-corrected chi connectivity index (χ4v) is 1.97. The van der Waals surface area contributed by atoms with Crippen molar-refractivity contribution in [2.75, 3.05) is 13.2 Å². The third-order valence-electron chi connectivity index (χ3n) is 2.52.